The van der Waals surface area contributed by atoms with Gasteiger partial charge in [-0.2, -0.15) is 0 Å². The van der Waals surface area contributed by atoms with Gasteiger partial charge in [0, 0.05) is 0 Å². The second-order valence-corrected chi connectivity index (χ2v) is 11.3. The number of benzene rings is 1. The smallest absolute Gasteiger partial charge is 0.339 e. The van der Waals surface area contributed by atoms with E-state index in [-0.39, 0.29) is 24.5 Å². The van der Waals surface area contributed by atoms with Crippen LogP contribution < -0.4 is 0 Å². The third kappa shape index (κ3) is 9.95. The van der Waals surface area contributed by atoms with Gasteiger partial charge < -0.3 is 24.1 Å². The molecule has 7 heteroatoms. The van der Waals surface area contributed by atoms with Crippen LogP contribution in [0.25, 0.3) is 0 Å². The molecule has 1 unspecified atom stereocenters. The lowest BCUT2D eigenvalue weighted by Gasteiger charge is -2.22. The molecular weight excluding hydrogens is 496 g/mol. The number of rotatable bonds is 19. The van der Waals surface area contributed by atoms with Crippen LogP contribution in [0.4, 0.5) is 0 Å². The number of ether oxygens (including phenoxy) is 4. The van der Waals surface area contributed by atoms with Crippen molar-refractivity contribution < 1.29 is 33.6 Å². The van der Waals surface area contributed by atoms with Crippen molar-refractivity contribution in [3.63, 3.8) is 0 Å². The van der Waals surface area contributed by atoms with Crippen molar-refractivity contribution in [1.82, 2.24) is 0 Å². The monoisotopic (exact) mass is 544 g/mol. The highest BCUT2D eigenvalue weighted by molar-refractivity contribution is 5.97. The molecule has 0 aliphatic carbocycles. The zero-order chi connectivity index (χ0) is 28.1. The van der Waals surface area contributed by atoms with Gasteiger partial charge >= 0.3 is 11.9 Å². The van der Waals surface area contributed by atoms with Crippen molar-refractivity contribution in [3.8, 4) is 0 Å². The summed E-state index contributed by atoms with van der Waals surface area (Å²) in [5.74, 6) is -3.20. The number of carboxylic acid groups (broad SMARTS) is 1. The van der Waals surface area contributed by atoms with E-state index in [1.165, 1.54) is 57.8 Å². The lowest BCUT2D eigenvalue weighted by molar-refractivity contribution is -0.163. The number of carbonyl (C=O) groups is 2. The van der Waals surface area contributed by atoms with E-state index in [1.54, 1.807) is 13.8 Å². The Balaban J connectivity index is 1.57. The average Bonchev–Trinajstić information content (AvgIpc) is 3.44. The third-order valence-electron chi connectivity index (χ3n) is 7.58. The van der Waals surface area contributed by atoms with Crippen molar-refractivity contribution in [3.05, 3.63) is 47.2 Å². The maximum absolute atomic E-state index is 13.1. The molecule has 0 spiro atoms. The summed E-state index contributed by atoms with van der Waals surface area (Å²) in [4.78, 5) is 25.4. The first-order chi connectivity index (χ1) is 18.8. The molecular formula is C32H48O7. The first kappa shape index (κ1) is 31.2. The molecule has 1 aromatic rings. The molecule has 218 valence electrons. The van der Waals surface area contributed by atoms with Crippen LogP contribution in [0.2, 0.25) is 0 Å². The molecule has 1 fully saturated rings. The number of unbranched alkanes of at least 4 members (excludes halogenated alkanes) is 11. The van der Waals surface area contributed by atoms with Gasteiger partial charge in [-0.15, -0.1) is 0 Å². The van der Waals surface area contributed by atoms with E-state index in [9.17, 15) is 14.7 Å². The topological polar surface area (TPSA) is 91.3 Å². The van der Waals surface area contributed by atoms with Gasteiger partial charge in [-0.25, -0.2) is 4.79 Å². The van der Waals surface area contributed by atoms with E-state index in [4.69, 9.17) is 18.9 Å². The maximum Gasteiger partial charge on any atom is 0.339 e. The Morgan fingerprint density at radius 3 is 2.10 bits per heavy atom. The van der Waals surface area contributed by atoms with E-state index in [0.29, 0.717) is 6.42 Å². The number of hydrogen-bond donors (Lipinski definition) is 1. The normalized spacial score (nSPS) is 21.3. The van der Waals surface area contributed by atoms with Crippen LogP contribution in [-0.2, 0) is 35.1 Å². The van der Waals surface area contributed by atoms with Crippen LogP contribution in [0, 0.1) is 5.92 Å². The number of carboxylic acids is 1. The van der Waals surface area contributed by atoms with Crippen LogP contribution in [0.3, 0.4) is 0 Å². The highest BCUT2D eigenvalue weighted by Gasteiger charge is 2.49. The summed E-state index contributed by atoms with van der Waals surface area (Å²) in [5.41, 5.74) is 1.03. The number of carbonyl (C=O) groups excluding carboxylic acids is 1. The van der Waals surface area contributed by atoms with Crippen molar-refractivity contribution in [1.29, 1.82) is 0 Å². The quantitative estimate of drug-likeness (QED) is 0.144. The molecule has 2 heterocycles. The Bertz CT molecular complexity index is 924. The molecule has 1 saturated heterocycles. The first-order valence-electron chi connectivity index (χ1n) is 15.0. The summed E-state index contributed by atoms with van der Waals surface area (Å²) in [6.07, 6.45) is 13.4. The van der Waals surface area contributed by atoms with Crippen LogP contribution in [0.15, 0.2) is 41.7 Å². The molecule has 0 amide bonds. The molecule has 3 rings (SSSR count). The molecule has 0 bridgehead atoms. The fourth-order valence-electron chi connectivity index (χ4n) is 5.39. The summed E-state index contributed by atoms with van der Waals surface area (Å²) >= 11 is 0. The highest BCUT2D eigenvalue weighted by Crippen LogP contribution is 2.38. The van der Waals surface area contributed by atoms with Crippen LogP contribution in [-0.4, -0.2) is 41.6 Å². The molecule has 0 radical (unpaired) electrons. The Morgan fingerprint density at radius 1 is 0.974 bits per heavy atom. The lowest BCUT2D eigenvalue weighted by atomic mass is 9.91. The zero-order valence-corrected chi connectivity index (χ0v) is 24.1. The Hall–Kier alpha value is -2.38. The second kappa shape index (κ2) is 16.0. The number of cyclic esters (lactones) is 1. The lowest BCUT2D eigenvalue weighted by Crippen LogP contribution is -2.33. The molecule has 0 saturated carbocycles. The molecule has 1 N–H and O–H groups in total. The largest absolute Gasteiger partial charge is 0.489 e. The van der Waals surface area contributed by atoms with Gasteiger partial charge in [-0.3, -0.25) is 4.79 Å². The van der Waals surface area contributed by atoms with E-state index < -0.39 is 35.9 Å². The SMILES string of the molecule is CCCCCCCCCCCCCCC(C(=O)O)C1=C(OCc2ccccc2)[C@@H]([C@@H]2COC(C)(C)O2)OC1=O. The fraction of sp³-hybridized carbons (Fsp3) is 0.688. The third-order valence-corrected chi connectivity index (χ3v) is 7.58. The zero-order valence-electron chi connectivity index (χ0n) is 24.1. The average molecular weight is 545 g/mol. The van der Waals surface area contributed by atoms with Gasteiger partial charge in [0.25, 0.3) is 0 Å². The molecule has 2 aliphatic rings. The standard InChI is InChI=1S/C32H48O7/c1-4-5-6-7-8-9-10-11-12-13-14-18-21-25(30(33)34)27-29(36-22-24-19-16-15-17-20-24)28(38-31(27)35)26-23-37-32(2,3)39-26/h15-17,19-20,25-26,28H,4-14,18,21-23H2,1-3H3,(H,33,34)/t25?,26-,28+/m0/s1. The predicted molar refractivity (Wildman–Crippen MR) is 150 cm³/mol. The van der Waals surface area contributed by atoms with Gasteiger partial charge in [0.2, 0.25) is 0 Å². The second-order valence-electron chi connectivity index (χ2n) is 11.3. The highest BCUT2D eigenvalue weighted by atomic mass is 16.8. The molecule has 0 aromatic heterocycles. The van der Waals surface area contributed by atoms with E-state index in [1.807, 2.05) is 30.3 Å². The van der Waals surface area contributed by atoms with Crippen LogP contribution in [0.1, 0.15) is 110 Å². The van der Waals surface area contributed by atoms with Crippen molar-refractivity contribution in [2.24, 2.45) is 5.92 Å². The molecule has 1 aromatic carbocycles. The molecule has 39 heavy (non-hydrogen) atoms. The minimum absolute atomic E-state index is 0.111. The maximum atomic E-state index is 13.1. The fourth-order valence-corrected chi connectivity index (χ4v) is 5.39. The Kier molecular flexibility index (Phi) is 12.8. The summed E-state index contributed by atoms with van der Waals surface area (Å²) in [5, 5.41) is 10.1. The van der Waals surface area contributed by atoms with Gasteiger partial charge in [0.05, 0.1) is 18.1 Å². The minimum Gasteiger partial charge on any atom is -0.489 e. The van der Waals surface area contributed by atoms with Crippen molar-refractivity contribution in [2.45, 2.75) is 129 Å². The first-order valence-corrected chi connectivity index (χ1v) is 15.0. The summed E-state index contributed by atoms with van der Waals surface area (Å²) in [6, 6.07) is 9.58. The number of aliphatic carboxylic acids is 1. The molecule has 7 nitrogen and oxygen atoms in total. The Labute approximate surface area is 234 Å². The van der Waals surface area contributed by atoms with E-state index >= 15 is 0 Å². The minimum atomic E-state index is -1.03. The summed E-state index contributed by atoms with van der Waals surface area (Å²) in [6.45, 7) is 6.27. The van der Waals surface area contributed by atoms with Gasteiger partial charge in [-0.1, -0.05) is 114 Å². The predicted octanol–water partition coefficient (Wildman–Crippen LogP) is 7.33. The number of esters is 1. The van der Waals surface area contributed by atoms with E-state index in [0.717, 1.165) is 24.8 Å². The van der Waals surface area contributed by atoms with Crippen LogP contribution >= 0.6 is 0 Å². The van der Waals surface area contributed by atoms with Crippen molar-refractivity contribution >= 4 is 11.9 Å². The number of hydrogen-bond acceptors (Lipinski definition) is 6. The Morgan fingerprint density at radius 2 is 1.56 bits per heavy atom. The summed E-state index contributed by atoms with van der Waals surface area (Å²) in [7, 11) is 0. The van der Waals surface area contributed by atoms with Crippen LogP contribution in [0.5, 0.6) is 0 Å². The van der Waals surface area contributed by atoms with Crippen molar-refractivity contribution in [2.75, 3.05) is 6.61 Å². The van der Waals surface area contributed by atoms with Gasteiger partial charge in [0.15, 0.2) is 17.7 Å². The van der Waals surface area contributed by atoms with Gasteiger partial charge in [0.1, 0.15) is 12.7 Å². The molecule has 2 aliphatic heterocycles. The summed E-state index contributed by atoms with van der Waals surface area (Å²) < 4.78 is 23.5. The van der Waals surface area contributed by atoms with Gasteiger partial charge in [-0.05, 0) is 25.8 Å². The molecule has 3 atom stereocenters. The van der Waals surface area contributed by atoms with E-state index in [2.05, 4.69) is 6.92 Å².